The molecular weight excluding hydrogens is 234 g/mol. The summed E-state index contributed by atoms with van der Waals surface area (Å²) < 4.78 is 0. The minimum atomic E-state index is -0.0613. The van der Waals surface area contributed by atoms with Crippen LogP contribution in [0.5, 0.6) is 0 Å². The summed E-state index contributed by atoms with van der Waals surface area (Å²) in [5.41, 5.74) is 0.597. The minimum Gasteiger partial charge on any atom is -0.373 e. The number of carbonyl (C=O) groups excluding carboxylic acids is 1. The highest BCUT2D eigenvalue weighted by Crippen LogP contribution is 2.05. The van der Waals surface area contributed by atoms with E-state index in [2.05, 4.69) is 21.9 Å². The lowest BCUT2D eigenvalue weighted by Crippen LogP contribution is -2.33. The molecule has 2 N–H and O–H groups in total. The van der Waals surface area contributed by atoms with Gasteiger partial charge in [-0.15, -0.1) is 0 Å². The third-order valence-corrected chi connectivity index (χ3v) is 3.06. The Hall–Kier alpha value is -1.23. The number of hydrogen-bond donors (Lipinski definition) is 2. The molecule has 0 aromatic carbocycles. The van der Waals surface area contributed by atoms with Gasteiger partial charge in [-0.2, -0.15) is 11.8 Å². The summed E-state index contributed by atoms with van der Waals surface area (Å²) in [7, 11) is 1.80. The number of aromatic nitrogens is 1. The zero-order valence-electron chi connectivity index (χ0n) is 10.5. The number of amides is 1. The van der Waals surface area contributed by atoms with E-state index in [1.165, 1.54) is 0 Å². The highest BCUT2D eigenvalue weighted by Gasteiger charge is 2.09. The van der Waals surface area contributed by atoms with Gasteiger partial charge in [0.1, 0.15) is 5.82 Å². The summed E-state index contributed by atoms with van der Waals surface area (Å²) in [6, 6.07) is 3.76. The van der Waals surface area contributed by atoms with Crippen molar-refractivity contribution in [3.05, 3.63) is 23.9 Å². The number of carbonyl (C=O) groups is 1. The molecule has 17 heavy (non-hydrogen) atoms. The van der Waals surface area contributed by atoms with Gasteiger partial charge < -0.3 is 10.6 Å². The molecule has 0 saturated carbocycles. The molecular formula is C12H19N3OS. The van der Waals surface area contributed by atoms with Crippen LogP contribution < -0.4 is 10.6 Å². The largest absolute Gasteiger partial charge is 0.373 e. The van der Waals surface area contributed by atoms with Crippen LogP contribution in [-0.4, -0.2) is 36.0 Å². The summed E-state index contributed by atoms with van der Waals surface area (Å²) in [5.74, 6) is 1.75. The Labute approximate surface area is 107 Å². The van der Waals surface area contributed by atoms with E-state index in [1.807, 2.05) is 6.92 Å². The zero-order chi connectivity index (χ0) is 12.7. The summed E-state index contributed by atoms with van der Waals surface area (Å²) in [4.78, 5) is 16.0. The van der Waals surface area contributed by atoms with Crippen LogP contribution in [0, 0.1) is 0 Å². The molecule has 5 heteroatoms. The van der Waals surface area contributed by atoms with Gasteiger partial charge in [0, 0.05) is 19.3 Å². The molecule has 0 spiro atoms. The topological polar surface area (TPSA) is 54.0 Å². The Morgan fingerprint density at radius 3 is 2.82 bits per heavy atom. The van der Waals surface area contributed by atoms with Crippen molar-refractivity contribution < 1.29 is 4.79 Å². The molecule has 1 rings (SSSR count). The third kappa shape index (κ3) is 4.65. The number of rotatable bonds is 6. The van der Waals surface area contributed by atoms with Crippen LogP contribution in [0.3, 0.4) is 0 Å². The Kier molecular flexibility index (Phi) is 5.83. The molecule has 0 saturated heterocycles. The summed E-state index contributed by atoms with van der Waals surface area (Å²) in [6.07, 6.45) is 4.63. The van der Waals surface area contributed by atoms with E-state index in [1.54, 1.807) is 37.1 Å². The van der Waals surface area contributed by atoms with Gasteiger partial charge in [-0.3, -0.25) is 4.79 Å². The maximum absolute atomic E-state index is 11.8. The first-order valence-corrected chi connectivity index (χ1v) is 7.00. The standard InChI is InChI=1S/C12H19N3OS/c1-9(6-7-17-3)15-12(16)10-4-5-11(13-2)14-8-10/h4-5,8-9H,6-7H2,1-3H3,(H,13,14)(H,15,16). The Balaban J connectivity index is 2.51. The lowest BCUT2D eigenvalue weighted by Gasteiger charge is -2.13. The van der Waals surface area contributed by atoms with Gasteiger partial charge in [0.25, 0.3) is 5.91 Å². The second-order valence-corrected chi connectivity index (χ2v) is 4.82. The van der Waals surface area contributed by atoms with Gasteiger partial charge in [0.15, 0.2) is 0 Å². The first-order valence-electron chi connectivity index (χ1n) is 5.61. The van der Waals surface area contributed by atoms with Gasteiger partial charge >= 0.3 is 0 Å². The predicted molar refractivity (Wildman–Crippen MR) is 73.7 cm³/mol. The molecule has 94 valence electrons. The highest BCUT2D eigenvalue weighted by molar-refractivity contribution is 7.98. The number of pyridine rings is 1. The van der Waals surface area contributed by atoms with E-state index in [4.69, 9.17) is 0 Å². The Morgan fingerprint density at radius 1 is 1.53 bits per heavy atom. The third-order valence-electron chi connectivity index (χ3n) is 2.41. The number of thioether (sulfide) groups is 1. The molecule has 4 nitrogen and oxygen atoms in total. The summed E-state index contributed by atoms with van der Waals surface area (Å²) in [5, 5.41) is 5.87. The van der Waals surface area contributed by atoms with E-state index < -0.39 is 0 Å². The molecule has 0 aliphatic rings. The second kappa shape index (κ2) is 7.17. The average Bonchev–Trinajstić information content (AvgIpc) is 2.36. The highest BCUT2D eigenvalue weighted by atomic mass is 32.2. The Morgan fingerprint density at radius 2 is 2.29 bits per heavy atom. The van der Waals surface area contributed by atoms with Gasteiger partial charge in [-0.25, -0.2) is 4.98 Å². The minimum absolute atomic E-state index is 0.0613. The van der Waals surface area contributed by atoms with E-state index in [9.17, 15) is 4.79 Å². The molecule has 0 fully saturated rings. The second-order valence-electron chi connectivity index (χ2n) is 3.84. The fourth-order valence-electron chi connectivity index (χ4n) is 1.35. The van der Waals surface area contributed by atoms with Crippen LogP contribution >= 0.6 is 11.8 Å². The van der Waals surface area contributed by atoms with Gasteiger partial charge in [-0.05, 0) is 37.5 Å². The average molecular weight is 253 g/mol. The van der Waals surface area contributed by atoms with Crippen molar-refractivity contribution in [3.8, 4) is 0 Å². The fourth-order valence-corrected chi connectivity index (χ4v) is 1.94. The lowest BCUT2D eigenvalue weighted by molar-refractivity contribution is 0.0939. The van der Waals surface area contributed by atoms with Crippen molar-refractivity contribution >= 4 is 23.5 Å². The number of anilines is 1. The molecule has 1 atom stereocenters. The smallest absolute Gasteiger partial charge is 0.253 e. The van der Waals surface area contributed by atoms with E-state index in [-0.39, 0.29) is 11.9 Å². The van der Waals surface area contributed by atoms with Gasteiger partial charge in [0.2, 0.25) is 0 Å². The van der Waals surface area contributed by atoms with Crippen molar-refractivity contribution in [1.82, 2.24) is 10.3 Å². The van der Waals surface area contributed by atoms with Crippen molar-refractivity contribution in [3.63, 3.8) is 0 Å². The van der Waals surface area contributed by atoms with Crippen LogP contribution in [0.4, 0.5) is 5.82 Å². The van der Waals surface area contributed by atoms with Crippen LogP contribution in [-0.2, 0) is 0 Å². The monoisotopic (exact) mass is 253 g/mol. The van der Waals surface area contributed by atoms with E-state index in [0.717, 1.165) is 18.0 Å². The SMILES string of the molecule is CNc1ccc(C(=O)NC(C)CCSC)cn1. The maximum Gasteiger partial charge on any atom is 0.253 e. The first-order chi connectivity index (χ1) is 8.17. The molecule has 0 aliphatic heterocycles. The molecule has 0 radical (unpaired) electrons. The normalized spacial score (nSPS) is 11.9. The summed E-state index contributed by atoms with van der Waals surface area (Å²) >= 11 is 1.79. The van der Waals surface area contributed by atoms with Crippen molar-refractivity contribution in [1.29, 1.82) is 0 Å². The van der Waals surface area contributed by atoms with Crippen LogP contribution in [0.15, 0.2) is 18.3 Å². The molecule has 1 aromatic rings. The lowest BCUT2D eigenvalue weighted by atomic mass is 10.2. The van der Waals surface area contributed by atoms with Crippen molar-refractivity contribution in [2.24, 2.45) is 0 Å². The van der Waals surface area contributed by atoms with Gasteiger partial charge in [0.05, 0.1) is 5.56 Å². The number of nitrogens with one attached hydrogen (secondary N) is 2. The molecule has 1 amide bonds. The number of nitrogens with zero attached hydrogens (tertiary/aromatic N) is 1. The predicted octanol–water partition coefficient (Wildman–Crippen LogP) is 1.99. The maximum atomic E-state index is 11.8. The van der Waals surface area contributed by atoms with Crippen molar-refractivity contribution in [2.75, 3.05) is 24.4 Å². The molecule has 1 heterocycles. The van der Waals surface area contributed by atoms with Crippen LogP contribution in [0.25, 0.3) is 0 Å². The quantitative estimate of drug-likeness (QED) is 0.814. The Bertz CT molecular complexity index is 353. The van der Waals surface area contributed by atoms with Crippen LogP contribution in [0.1, 0.15) is 23.7 Å². The van der Waals surface area contributed by atoms with Gasteiger partial charge in [-0.1, -0.05) is 0 Å². The van der Waals surface area contributed by atoms with Crippen molar-refractivity contribution in [2.45, 2.75) is 19.4 Å². The fraction of sp³-hybridized carbons (Fsp3) is 0.500. The summed E-state index contributed by atoms with van der Waals surface area (Å²) in [6.45, 7) is 2.02. The molecule has 0 aliphatic carbocycles. The first kappa shape index (κ1) is 13.8. The van der Waals surface area contributed by atoms with E-state index >= 15 is 0 Å². The number of hydrogen-bond acceptors (Lipinski definition) is 4. The molecule has 1 unspecified atom stereocenters. The zero-order valence-corrected chi connectivity index (χ0v) is 11.3. The molecule has 0 bridgehead atoms. The van der Waals surface area contributed by atoms with E-state index in [0.29, 0.717) is 5.56 Å². The van der Waals surface area contributed by atoms with Crippen LogP contribution in [0.2, 0.25) is 0 Å². The molecule has 1 aromatic heterocycles.